The van der Waals surface area contributed by atoms with Crippen molar-refractivity contribution in [1.82, 2.24) is 10.2 Å². The van der Waals surface area contributed by atoms with Crippen molar-refractivity contribution >= 4 is 23.4 Å². The van der Waals surface area contributed by atoms with Crippen molar-refractivity contribution in [3.63, 3.8) is 0 Å². The van der Waals surface area contributed by atoms with Crippen LogP contribution in [0.4, 0.5) is 0 Å². The van der Waals surface area contributed by atoms with Crippen LogP contribution in [0.5, 0.6) is 0 Å². The van der Waals surface area contributed by atoms with E-state index in [-0.39, 0.29) is 18.4 Å². The molecule has 78 valence electrons. The van der Waals surface area contributed by atoms with Crippen LogP contribution in [0, 0.1) is 0 Å². The van der Waals surface area contributed by atoms with Gasteiger partial charge in [0.2, 0.25) is 11.8 Å². The van der Waals surface area contributed by atoms with Crippen LogP contribution >= 0.6 is 11.6 Å². The fraction of sp³-hybridized carbons (Fsp3) is 0.556. The van der Waals surface area contributed by atoms with Crippen LogP contribution in [0.1, 0.15) is 13.8 Å². The topological polar surface area (TPSA) is 49.4 Å². The van der Waals surface area contributed by atoms with Gasteiger partial charge in [0.05, 0.1) is 6.54 Å². The van der Waals surface area contributed by atoms with E-state index >= 15 is 0 Å². The molecule has 0 aliphatic carbocycles. The molecule has 1 aliphatic rings. The summed E-state index contributed by atoms with van der Waals surface area (Å²) in [4.78, 5) is 24.2. The molecule has 1 heterocycles. The van der Waals surface area contributed by atoms with Crippen LogP contribution in [0.2, 0.25) is 0 Å². The Hall–Kier alpha value is -1.03. The Morgan fingerprint density at radius 3 is 2.93 bits per heavy atom. The van der Waals surface area contributed by atoms with Crippen LogP contribution in [-0.4, -0.2) is 35.8 Å². The summed E-state index contributed by atoms with van der Waals surface area (Å²) in [6.07, 6.45) is 0. The van der Waals surface area contributed by atoms with Crippen molar-refractivity contribution in [2.24, 2.45) is 0 Å². The van der Waals surface area contributed by atoms with Crippen LogP contribution < -0.4 is 5.32 Å². The molecule has 0 aromatic heterocycles. The van der Waals surface area contributed by atoms with Crippen molar-refractivity contribution in [3.8, 4) is 0 Å². The molecule has 14 heavy (non-hydrogen) atoms. The molecule has 0 bridgehead atoms. The SMILES string of the molecule is CC(=CCl)CN1CC(=O)NC(C)C1=O. The number of piperazine rings is 1. The van der Waals surface area contributed by atoms with Gasteiger partial charge in [-0.15, -0.1) is 0 Å². The number of carbonyl (C=O) groups excluding carboxylic acids is 2. The van der Waals surface area contributed by atoms with Crippen LogP contribution in [0.3, 0.4) is 0 Å². The molecule has 1 N–H and O–H groups in total. The summed E-state index contributed by atoms with van der Waals surface area (Å²) in [7, 11) is 0. The fourth-order valence-corrected chi connectivity index (χ4v) is 1.41. The Morgan fingerprint density at radius 2 is 2.36 bits per heavy atom. The van der Waals surface area contributed by atoms with Gasteiger partial charge in [-0.05, 0) is 19.4 Å². The normalized spacial score (nSPS) is 23.8. The number of hydrogen-bond donors (Lipinski definition) is 1. The number of nitrogens with zero attached hydrogens (tertiary/aromatic N) is 1. The maximum atomic E-state index is 11.6. The van der Waals surface area contributed by atoms with Crippen LogP contribution in [0.15, 0.2) is 11.1 Å². The molecule has 0 spiro atoms. The lowest BCUT2D eigenvalue weighted by molar-refractivity contribution is -0.143. The summed E-state index contributed by atoms with van der Waals surface area (Å²) >= 11 is 5.49. The molecule has 0 saturated carbocycles. The molecule has 5 heteroatoms. The molecule has 1 fully saturated rings. The minimum absolute atomic E-state index is 0.0672. The number of halogens is 1. The third-order valence-corrected chi connectivity index (χ3v) is 2.39. The van der Waals surface area contributed by atoms with E-state index in [2.05, 4.69) is 5.32 Å². The van der Waals surface area contributed by atoms with Crippen molar-refractivity contribution in [2.45, 2.75) is 19.9 Å². The molecule has 4 nitrogen and oxygen atoms in total. The first kappa shape index (κ1) is 11.0. The number of carbonyl (C=O) groups is 2. The van der Waals surface area contributed by atoms with E-state index in [0.29, 0.717) is 6.54 Å². The van der Waals surface area contributed by atoms with Gasteiger partial charge in [-0.25, -0.2) is 0 Å². The maximum Gasteiger partial charge on any atom is 0.245 e. The quantitative estimate of drug-likeness (QED) is 0.730. The predicted molar refractivity (Wildman–Crippen MR) is 53.8 cm³/mol. The summed E-state index contributed by atoms with van der Waals surface area (Å²) < 4.78 is 0. The van der Waals surface area contributed by atoms with Crippen molar-refractivity contribution in [1.29, 1.82) is 0 Å². The minimum Gasteiger partial charge on any atom is -0.343 e. The molecule has 1 unspecified atom stereocenters. The van der Waals surface area contributed by atoms with E-state index in [4.69, 9.17) is 11.6 Å². The number of amides is 2. The van der Waals surface area contributed by atoms with Gasteiger partial charge in [-0.2, -0.15) is 0 Å². The summed E-state index contributed by atoms with van der Waals surface area (Å²) in [5.74, 6) is -0.193. The molecule has 1 aliphatic heterocycles. The average molecular weight is 217 g/mol. The molecule has 1 atom stereocenters. The van der Waals surface area contributed by atoms with E-state index in [1.807, 2.05) is 6.92 Å². The number of rotatable bonds is 2. The monoisotopic (exact) mass is 216 g/mol. The van der Waals surface area contributed by atoms with E-state index in [1.54, 1.807) is 6.92 Å². The van der Waals surface area contributed by atoms with E-state index in [9.17, 15) is 9.59 Å². The van der Waals surface area contributed by atoms with Crippen molar-refractivity contribution in [3.05, 3.63) is 11.1 Å². The second kappa shape index (κ2) is 4.46. The molecule has 2 amide bonds. The first-order valence-corrected chi connectivity index (χ1v) is 4.82. The summed E-state index contributed by atoms with van der Waals surface area (Å²) in [6, 6.07) is -0.431. The third-order valence-electron chi connectivity index (χ3n) is 2.02. The van der Waals surface area contributed by atoms with Crippen molar-refractivity contribution < 1.29 is 9.59 Å². The largest absolute Gasteiger partial charge is 0.343 e. The highest BCUT2D eigenvalue weighted by Gasteiger charge is 2.28. The predicted octanol–water partition coefficient (Wildman–Crippen LogP) is 0.476. The van der Waals surface area contributed by atoms with Gasteiger partial charge in [0.25, 0.3) is 0 Å². The van der Waals surface area contributed by atoms with Gasteiger partial charge in [0.1, 0.15) is 6.04 Å². The molecule has 1 rings (SSSR count). The fourth-order valence-electron chi connectivity index (χ4n) is 1.34. The first-order chi connectivity index (χ1) is 6.54. The Kier molecular flexibility index (Phi) is 3.52. The first-order valence-electron chi connectivity index (χ1n) is 4.38. The lowest BCUT2D eigenvalue weighted by Gasteiger charge is -2.30. The Balaban J connectivity index is 2.67. The van der Waals surface area contributed by atoms with E-state index in [1.165, 1.54) is 10.4 Å². The van der Waals surface area contributed by atoms with E-state index < -0.39 is 6.04 Å². The Bertz CT molecular complexity index is 289. The smallest absolute Gasteiger partial charge is 0.245 e. The highest BCUT2D eigenvalue weighted by Crippen LogP contribution is 2.06. The lowest BCUT2D eigenvalue weighted by Crippen LogP contribution is -2.56. The zero-order valence-corrected chi connectivity index (χ0v) is 8.97. The summed E-state index contributed by atoms with van der Waals surface area (Å²) in [6.45, 7) is 4.02. The molecule has 0 radical (unpaired) electrons. The Morgan fingerprint density at radius 1 is 1.71 bits per heavy atom. The highest BCUT2D eigenvalue weighted by molar-refractivity contribution is 6.25. The maximum absolute atomic E-state index is 11.6. The molecule has 0 aromatic carbocycles. The van der Waals surface area contributed by atoms with Gasteiger partial charge >= 0.3 is 0 Å². The van der Waals surface area contributed by atoms with Crippen LogP contribution in [0.25, 0.3) is 0 Å². The molecule has 0 aromatic rings. The number of nitrogens with one attached hydrogen (secondary N) is 1. The van der Waals surface area contributed by atoms with Gasteiger partial charge in [0, 0.05) is 12.1 Å². The average Bonchev–Trinajstić information content (AvgIpc) is 2.13. The third kappa shape index (κ3) is 2.48. The number of hydrogen-bond acceptors (Lipinski definition) is 2. The Labute approximate surface area is 87.9 Å². The zero-order valence-electron chi connectivity index (χ0n) is 8.21. The summed E-state index contributed by atoms with van der Waals surface area (Å²) in [5.41, 5.74) is 2.28. The van der Waals surface area contributed by atoms with Crippen LogP contribution in [-0.2, 0) is 9.59 Å². The summed E-state index contributed by atoms with van der Waals surface area (Å²) in [5, 5.41) is 2.57. The lowest BCUT2D eigenvalue weighted by atomic mass is 10.2. The molecular formula is C9H13ClN2O2. The zero-order chi connectivity index (χ0) is 10.7. The van der Waals surface area contributed by atoms with E-state index in [0.717, 1.165) is 5.57 Å². The minimum atomic E-state index is -0.431. The van der Waals surface area contributed by atoms with Gasteiger partial charge < -0.3 is 10.2 Å². The second-order valence-electron chi connectivity index (χ2n) is 3.44. The molecule has 1 saturated heterocycles. The van der Waals surface area contributed by atoms with Gasteiger partial charge in [-0.1, -0.05) is 11.6 Å². The molecular weight excluding hydrogens is 204 g/mol. The van der Waals surface area contributed by atoms with Gasteiger partial charge in [0.15, 0.2) is 0 Å². The second-order valence-corrected chi connectivity index (χ2v) is 3.66. The van der Waals surface area contributed by atoms with Gasteiger partial charge in [-0.3, -0.25) is 9.59 Å². The standard InChI is InChI=1S/C9H13ClN2O2/c1-6(3-10)4-12-5-8(13)11-7(2)9(12)14/h3,7H,4-5H2,1-2H3,(H,11,13). The van der Waals surface area contributed by atoms with Crippen molar-refractivity contribution in [2.75, 3.05) is 13.1 Å². The highest BCUT2D eigenvalue weighted by atomic mass is 35.5.